The first-order valence-electron chi connectivity index (χ1n) is 4.57. The molecule has 0 aliphatic heterocycles. The highest BCUT2D eigenvalue weighted by Crippen LogP contribution is 2.07. The van der Waals surface area contributed by atoms with E-state index in [9.17, 15) is 19.4 Å². The number of hydrogen-bond acceptors (Lipinski definition) is 4. The van der Waals surface area contributed by atoms with Crippen LogP contribution in [0.5, 0.6) is 0 Å². The highest BCUT2D eigenvalue weighted by atomic mass is 16.3. The monoisotopic (exact) mass is 246 g/mol. The summed E-state index contributed by atoms with van der Waals surface area (Å²) < 4.78 is 0. The molecule has 8 nitrogen and oxygen atoms in total. The van der Waals surface area contributed by atoms with Crippen LogP contribution in [0.1, 0.15) is 20.7 Å². The number of amides is 2. The lowest BCUT2D eigenvalue weighted by atomic mass is 10.1. The van der Waals surface area contributed by atoms with Crippen molar-refractivity contribution < 1.29 is 9.59 Å². The Balaban J connectivity index is 2.86. The predicted octanol–water partition coefficient (Wildman–Crippen LogP) is 1.56. The Hall–Kier alpha value is -2.90. The number of rotatable bonds is 4. The first kappa shape index (κ1) is 13.2. The Morgan fingerprint density at radius 3 is 1.39 bits per heavy atom. The van der Waals surface area contributed by atoms with Crippen LogP contribution in [-0.4, -0.2) is 24.5 Å². The van der Waals surface area contributed by atoms with Gasteiger partial charge in [0, 0.05) is 11.1 Å². The summed E-state index contributed by atoms with van der Waals surface area (Å²) in [7, 11) is 0. The third-order valence-corrected chi connectivity index (χ3v) is 1.82. The topological polar surface area (TPSA) is 118 Å². The lowest BCUT2D eigenvalue weighted by Gasteiger charge is -1.96. The van der Waals surface area contributed by atoms with Crippen LogP contribution in [0, 0.1) is 9.81 Å². The molecule has 8 heteroatoms. The molecule has 0 radical (unpaired) electrons. The Morgan fingerprint density at radius 1 is 0.778 bits per heavy atom. The summed E-state index contributed by atoms with van der Waals surface area (Å²) >= 11 is 0. The van der Waals surface area contributed by atoms with E-state index in [-0.39, 0.29) is 11.1 Å². The molecule has 0 aliphatic carbocycles. The molecule has 0 heterocycles. The summed E-state index contributed by atoms with van der Waals surface area (Å²) in [5.74, 6) is -1.32. The average molecular weight is 246 g/mol. The van der Waals surface area contributed by atoms with Crippen molar-refractivity contribution in [1.29, 1.82) is 0 Å². The minimum atomic E-state index is -0.661. The maximum Gasteiger partial charge on any atom is 0.278 e. The molecular formula is C10H6N4O4. The molecule has 2 amide bonds. The van der Waals surface area contributed by atoms with E-state index in [0.29, 0.717) is 12.7 Å². The van der Waals surface area contributed by atoms with Gasteiger partial charge in [0.1, 0.15) is 0 Å². The Labute approximate surface area is 100 Å². The number of hydrogen-bond donors (Lipinski definition) is 0. The number of carbonyl (C=O) groups is 2. The molecule has 18 heavy (non-hydrogen) atoms. The van der Waals surface area contributed by atoms with E-state index in [0.717, 1.165) is 0 Å². The van der Waals surface area contributed by atoms with E-state index in [4.69, 9.17) is 0 Å². The van der Waals surface area contributed by atoms with E-state index in [1.54, 1.807) is 0 Å². The molecule has 1 aromatic rings. The van der Waals surface area contributed by atoms with Crippen LogP contribution in [-0.2, 0) is 0 Å². The first-order valence-corrected chi connectivity index (χ1v) is 4.57. The molecule has 0 saturated carbocycles. The zero-order valence-corrected chi connectivity index (χ0v) is 8.89. The van der Waals surface area contributed by atoms with Crippen molar-refractivity contribution in [2.45, 2.75) is 0 Å². The van der Waals surface area contributed by atoms with Crippen molar-refractivity contribution in [3.63, 3.8) is 0 Å². The van der Waals surface area contributed by atoms with Gasteiger partial charge in [-0.05, 0) is 34.6 Å². The van der Waals surface area contributed by atoms with Crippen LogP contribution in [0.3, 0.4) is 0 Å². The van der Waals surface area contributed by atoms with Crippen LogP contribution in [0.15, 0.2) is 44.6 Å². The van der Waals surface area contributed by atoms with Gasteiger partial charge in [0.2, 0.25) is 0 Å². The SMILES string of the molecule is O=NC=NC(=O)c1ccc(C(=O)N=CN=O)cc1. The number of nitroso groups, excluding NO2 is 2. The average Bonchev–Trinajstić information content (AvgIpc) is 2.42. The van der Waals surface area contributed by atoms with Crippen LogP contribution in [0.4, 0.5) is 0 Å². The Kier molecular flexibility index (Phi) is 4.85. The Morgan fingerprint density at radius 2 is 1.11 bits per heavy atom. The van der Waals surface area contributed by atoms with Crippen LogP contribution in [0.2, 0.25) is 0 Å². The van der Waals surface area contributed by atoms with E-state index < -0.39 is 11.8 Å². The molecular weight excluding hydrogens is 240 g/mol. The van der Waals surface area contributed by atoms with Gasteiger partial charge in [-0.15, -0.1) is 9.81 Å². The second-order valence-electron chi connectivity index (χ2n) is 2.89. The number of nitrogens with zero attached hydrogens (tertiary/aromatic N) is 4. The molecule has 1 rings (SSSR count). The molecule has 90 valence electrons. The summed E-state index contributed by atoms with van der Waals surface area (Å²) in [5.41, 5.74) is 0.368. The summed E-state index contributed by atoms with van der Waals surface area (Å²) in [6.07, 6.45) is 1.17. The smallest absolute Gasteiger partial charge is 0.267 e. The molecule has 0 aromatic heterocycles. The van der Waals surface area contributed by atoms with Gasteiger partial charge in [-0.25, -0.2) is 0 Å². The van der Waals surface area contributed by atoms with Gasteiger partial charge in [-0.3, -0.25) is 9.59 Å². The van der Waals surface area contributed by atoms with Gasteiger partial charge in [-0.1, -0.05) is 0 Å². The van der Waals surface area contributed by atoms with Gasteiger partial charge in [0.05, 0.1) is 0 Å². The van der Waals surface area contributed by atoms with Crippen molar-refractivity contribution in [2.24, 2.45) is 20.3 Å². The third-order valence-electron chi connectivity index (χ3n) is 1.82. The quantitative estimate of drug-likeness (QED) is 0.454. The molecule has 1 aromatic carbocycles. The predicted molar refractivity (Wildman–Crippen MR) is 63.7 cm³/mol. The van der Waals surface area contributed by atoms with Crippen molar-refractivity contribution in [3.8, 4) is 0 Å². The normalized spacial score (nSPS) is 10.7. The molecule has 0 fully saturated rings. The highest BCUT2D eigenvalue weighted by Gasteiger charge is 2.06. The van der Waals surface area contributed by atoms with Crippen LogP contribution < -0.4 is 0 Å². The largest absolute Gasteiger partial charge is 0.278 e. The van der Waals surface area contributed by atoms with E-state index in [1.807, 2.05) is 0 Å². The van der Waals surface area contributed by atoms with E-state index in [2.05, 4.69) is 20.3 Å². The lowest BCUT2D eigenvalue weighted by molar-refractivity contribution is 0.0991. The maximum atomic E-state index is 11.3. The van der Waals surface area contributed by atoms with E-state index in [1.165, 1.54) is 24.3 Å². The molecule has 0 spiro atoms. The first-order chi connectivity index (χ1) is 8.69. The highest BCUT2D eigenvalue weighted by molar-refractivity contribution is 6.01. The molecule has 0 aliphatic rings. The number of benzene rings is 1. The minimum Gasteiger partial charge on any atom is -0.267 e. The standard InChI is InChI=1S/C10H6N4O4/c15-9(11-5-13-17)7-1-2-8(4-3-7)10(16)12-6-14-18/h1-6H. The van der Waals surface area contributed by atoms with Crippen molar-refractivity contribution in [2.75, 3.05) is 0 Å². The van der Waals surface area contributed by atoms with E-state index >= 15 is 0 Å². The third kappa shape index (κ3) is 3.59. The zero-order valence-electron chi connectivity index (χ0n) is 8.89. The van der Waals surface area contributed by atoms with Crippen molar-refractivity contribution in [1.82, 2.24) is 0 Å². The molecule has 0 atom stereocenters. The van der Waals surface area contributed by atoms with Crippen LogP contribution >= 0.6 is 0 Å². The Bertz CT molecular complexity index is 484. The molecule has 0 bridgehead atoms. The zero-order chi connectivity index (χ0) is 13.4. The maximum absolute atomic E-state index is 11.3. The fourth-order valence-electron chi connectivity index (χ4n) is 1.06. The van der Waals surface area contributed by atoms with Gasteiger partial charge >= 0.3 is 0 Å². The van der Waals surface area contributed by atoms with Gasteiger partial charge in [-0.2, -0.15) is 9.98 Å². The summed E-state index contributed by atoms with van der Waals surface area (Å²) in [5, 5.41) is 4.61. The van der Waals surface area contributed by atoms with Crippen LogP contribution in [0.25, 0.3) is 0 Å². The minimum absolute atomic E-state index is 0.184. The molecule has 0 N–H and O–H groups in total. The fraction of sp³-hybridized carbons (Fsp3) is 0. The fourth-order valence-corrected chi connectivity index (χ4v) is 1.06. The lowest BCUT2D eigenvalue weighted by Crippen LogP contribution is -1.98. The second kappa shape index (κ2) is 6.63. The van der Waals surface area contributed by atoms with Gasteiger partial charge < -0.3 is 0 Å². The van der Waals surface area contributed by atoms with Crippen molar-refractivity contribution >= 4 is 24.5 Å². The molecule has 0 unspecified atom stereocenters. The number of aliphatic imine (C=N–C) groups is 2. The van der Waals surface area contributed by atoms with Gasteiger partial charge in [0.25, 0.3) is 11.8 Å². The summed E-state index contributed by atoms with van der Waals surface area (Å²) in [6.45, 7) is 0. The van der Waals surface area contributed by atoms with Gasteiger partial charge in [0.15, 0.2) is 12.7 Å². The molecule has 0 saturated heterocycles. The summed E-state index contributed by atoms with van der Waals surface area (Å²) in [6, 6.07) is 5.34. The second-order valence-corrected chi connectivity index (χ2v) is 2.89. The summed E-state index contributed by atoms with van der Waals surface area (Å²) in [4.78, 5) is 48.5. The van der Waals surface area contributed by atoms with Crippen molar-refractivity contribution in [3.05, 3.63) is 45.2 Å². The number of carbonyl (C=O) groups excluding carboxylic acids is 2.